The molecule has 0 aliphatic heterocycles. The monoisotopic (exact) mass is 908 g/mol. The van der Waals surface area contributed by atoms with Crippen molar-refractivity contribution in [3.05, 3.63) is 71.8 Å². The van der Waals surface area contributed by atoms with E-state index >= 15 is 0 Å². The highest BCUT2D eigenvalue weighted by Gasteiger charge is 2.37. The SMILES string of the molecule is CC(C)[C@H](NC(=O)CCCCCN)C(=O)N[C@H](C(=O)NC(Cc1ccccc1)C(O)C(Cc1ccccc1)NC(=O)[C@@H](NC(=O)[C@@H](NC(=O)CCCCC(=O)O)C(C)C)C(C)C)C(C)C. The van der Waals surface area contributed by atoms with Crippen LogP contribution in [0.1, 0.15) is 118 Å². The number of aliphatic carboxylic acids is 1. The van der Waals surface area contributed by atoms with E-state index in [1.165, 1.54) is 0 Å². The minimum atomic E-state index is -1.40. The van der Waals surface area contributed by atoms with Crippen LogP contribution in [0.3, 0.4) is 0 Å². The molecule has 0 bridgehead atoms. The van der Waals surface area contributed by atoms with Crippen molar-refractivity contribution in [1.29, 1.82) is 0 Å². The first-order valence-electron chi connectivity index (χ1n) is 23.2. The van der Waals surface area contributed by atoms with Crippen molar-refractivity contribution in [3.8, 4) is 0 Å². The first kappa shape index (κ1) is 55.8. The zero-order valence-electron chi connectivity index (χ0n) is 39.7. The number of carbonyl (C=O) groups is 7. The van der Waals surface area contributed by atoms with E-state index in [-0.39, 0.29) is 49.8 Å². The van der Waals surface area contributed by atoms with Crippen LogP contribution in [0.4, 0.5) is 0 Å². The van der Waals surface area contributed by atoms with Gasteiger partial charge in [-0.1, -0.05) is 122 Å². The Morgan fingerprint density at radius 3 is 1.12 bits per heavy atom. The second-order valence-corrected chi connectivity index (χ2v) is 18.3. The predicted molar refractivity (Wildman–Crippen MR) is 251 cm³/mol. The van der Waals surface area contributed by atoms with E-state index in [1.807, 2.05) is 74.5 Å². The van der Waals surface area contributed by atoms with Gasteiger partial charge < -0.3 is 47.8 Å². The van der Waals surface area contributed by atoms with E-state index in [9.17, 15) is 38.7 Å². The van der Waals surface area contributed by atoms with Gasteiger partial charge in [0.25, 0.3) is 0 Å². The molecular formula is C49H77N7O9. The standard InChI is InChI=1S/C49H77N7O9/c1-30(2)41(53-38(57)24-16-11-19-27-50)48(64)55-43(32(5)6)46(62)51-36(28-34-20-12-9-13-21-34)45(61)37(29-35-22-14-10-15-23-35)52-47(63)44(33(7)8)56-49(65)42(31(3)4)54-39(58)25-17-18-26-40(59)60/h9-10,12-15,20-23,30-33,36-37,41-45,61H,11,16-19,24-29,50H2,1-8H3,(H,51,62)(H,52,63)(H,53,57)(H,54,58)(H,55,64)(H,56,65)(H,59,60)/t36?,37?,41-,42-,43-,44-,45?/m0/s1. The molecule has 65 heavy (non-hydrogen) atoms. The van der Waals surface area contributed by atoms with Gasteiger partial charge in [0.15, 0.2) is 0 Å². The molecule has 16 heteroatoms. The quantitative estimate of drug-likeness (QED) is 0.0516. The Balaban J connectivity index is 2.43. The van der Waals surface area contributed by atoms with Crippen LogP contribution in [0, 0.1) is 23.7 Å². The first-order chi connectivity index (χ1) is 30.7. The summed E-state index contributed by atoms with van der Waals surface area (Å²) in [5.41, 5.74) is 7.15. The molecule has 2 rings (SSSR count). The summed E-state index contributed by atoms with van der Waals surface area (Å²) in [4.78, 5) is 92.7. The Morgan fingerprint density at radius 1 is 0.462 bits per heavy atom. The maximum absolute atomic E-state index is 14.3. The molecule has 7 atom stereocenters. The topological polar surface area (TPSA) is 258 Å². The summed E-state index contributed by atoms with van der Waals surface area (Å²) in [7, 11) is 0. The summed E-state index contributed by atoms with van der Waals surface area (Å²) in [5, 5.41) is 38.6. The van der Waals surface area contributed by atoms with Gasteiger partial charge in [0.2, 0.25) is 35.4 Å². The molecule has 0 saturated carbocycles. The molecule has 0 aliphatic carbocycles. The number of unbranched alkanes of at least 4 members (excludes halogenated alkanes) is 3. The third-order valence-corrected chi connectivity index (χ3v) is 11.3. The lowest BCUT2D eigenvalue weighted by molar-refractivity contribution is -0.137. The minimum Gasteiger partial charge on any atom is -0.481 e. The van der Waals surface area contributed by atoms with Crippen molar-refractivity contribution in [3.63, 3.8) is 0 Å². The Bertz CT molecular complexity index is 1790. The molecule has 2 aromatic rings. The number of benzene rings is 2. The van der Waals surface area contributed by atoms with Crippen LogP contribution in [0.5, 0.6) is 0 Å². The highest BCUT2D eigenvalue weighted by atomic mass is 16.4. The molecule has 6 amide bonds. The van der Waals surface area contributed by atoms with Crippen molar-refractivity contribution in [2.75, 3.05) is 6.54 Å². The van der Waals surface area contributed by atoms with Gasteiger partial charge >= 0.3 is 5.97 Å². The number of carboxylic acids is 1. The first-order valence-corrected chi connectivity index (χ1v) is 23.2. The summed E-state index contributed by atoms with van der Waals surface area (Å²) in [5.74, 6) is -5.36. The second kappa shape index (κ2) is 29.2. The molecule has 0 aliphatic rings. The number of carboxylic acid groups (broad SMARTS) is 1. The molecule has 16 nitrogen and oxygen atoms in total. The maximum Gasteiger partial charge on any atom is 0.303 e. The van der Waals surface area contributed by atoms with E-state index in [0.29, 0.717) is 25.8 Å². The van der Waals surface area contributed by atoms with Crippen LogP contribution in [-0.2, 0) is 46.4 Å². The van der Waals surface area contributed by atoms with Crippen LogP contribution >= 0.6 is 0 Å². The molecule has 0 radical (unpaired) electrons. The molecule has 10 N–H and O–H groups in total. The Hall–Kier alpha value is -5.35. The largest absolute Gasteiger partial charge is 0.481 e. The van der Waals surface area contributed by atoms with E-state index < -0.39 is 89.7 Å². The van der Waals surface area contributed by atoms with Crippen LogP contribution in [0.25, 0.3) is 0 Å². The fourth-order valence-electron chi connectivity index (χ4n) is 7.36. The van der Waals surface area contributed by atoms with Gasteiger partial charge in [0.05, 0.1) is 18.2 Å². The predicted octanol–water partition coefficient (Wildman–Crippen LogP) is 3.53. The molecule has 3 unspecified atom stereocenters. The lowest BCUT2D eigenvalue weighted by Gasteiger charge is -2.35. The number of amides is 6. The summed E-state index contributed by atoms with van der Waals surface area (Å²) < 4.78 is 0. The average molecular weight is 908 g/mol. The van der Waals surface area contributed by atoms with Crippen molar-refractivity contribution in [2.24, 2.45) is 29.4 Å². The maximum atomic E-state index is 14.3. The summed E-state index contributed by atoms with van der Waals surface area (Å²) >= 11 is 0. The molecule has 0 fully saturated rings. The van der Waals surface area contributed by atoms with Gasteiger partial charge in [0, 0.05) is 19.3 Å². The van der Waals surface area contributed by atoms with Crippen LogP contribution in [0.2, 0.25) is 0 Å². The molecule has 0 saturated heterocycles. The van der Waals surface area contributed by atoms with Crippen LogP contribution in [0.15, 0.2) is 60.7 Å². The minimum absolute atomic E-state index is 0.0366. The lowest BCUT2D eigenvalue weighted by atomic mass is 9.91. The van der Waals surface area contributed by atoms with Crippen molar-refractivity contribution in [1.82, 2.24) is 31.9 Å². The van der Waals surface area contributed by atoms with Gasteiger partial charge in [-0.2, -0.15) is 0 Å². The van der Waals surface area contributed by atoms with Gasteiger partial charge in [-0.15, -0.1) is 0 Å². The normalized spacial score (nSPS) is 14.7. The molecular weight excluding hydrogens is 831 g/mol. The fourth-order valence-corrected chi connectivity index (χ4v) is 7.36. The summed E-state index contributed by atoms with van der Waals surface area (Å²) in [6, 6.07) is 12.4. The Kier molecular flexibility index (Phi) is 25.1. The number of aliphatic hydroxyl groups excluding tert-OH is 1. The third-order valence-electron chi connectivity index (χ3n) is 11.3. The number of rotatable bonds is 30. The number of carbonyl (C=O) groups excluding carboxylic acids is 6. The van der Waals surface area contributed by atoms with E-state index in [1.54, 1.807) is 41.5 Å². The highest BCUT2D eigenvalue weighted by Crippen LogP contribution is 2.17. The van der Waals surface area contributed by atoms with Gasteiger partial charge in [0.1, 0.15) is 24.2 Å². The van der Waals surface area contributed by atoms with Crippen LogP contribution in [-0.4, -0.2) is 101 Å². The Labute approximate surface area is 385 Å². The molecule has 0 heterocycles. The average Bonchev–Trinajstić information content (AvgIpc) is 3.25. The smallest absolute Gasteiger partial charge is 0.303 e. The van der Waals surface area contributed by atoms with Crippen molar-refractivity contribution < 1.29 is 43.8 Å². The molecule has 0 aromatic heterocycles. The zero-order valence-corrected chi connectivity index (χ0v) is 39.7. The lowest BCUT2D eigenvalue weighted by Crippen LogP contribution is -2.63. The van der Waals surface area contributed by atoms with Gasteiger partial charge in [-0.05, 0) is 79.9 Å². The fraction of sp³-hybridized carbons (Fsp3) is 0.612. The van der Waals surface area contributed by atoms with E-state index in [2.05, 4.69) is 31.9 Å². The highest BCUT2D eigenvalue weighted by molar-refractivity contribution is 5.93. The van der Waals surface area contributed by atoms with Gasteiger partial charge in [-0.3, -0.25) is 33.6 Å². The van der Waals surface area contributed by atoms with Crippen molar-refractivity contribution >= 4 is 41.4 Å². The number of nitrogens with two attached hydrogens (primary N) is 1. The third kappa shape index (κ3) is 20.6. The van der Waals surface area contributed by atoms with Crippen molar-refractivity contribution in [2.45, 2.75) is 162 Å². The number of hydrogen-bond donors (Lipinski definition) is 9. The van der Waals surface area contributed by atoms with E-state index in [4.69, 9.17) is 10.8 Å². The van der Waals surface area contributed by atoms with Crippen LogP contribution < -0.4 is 37.6 Å². The second-order valence-electron chi connectivity index (χ2n) is 18.3. The Morgan fingerprint density at radius 2 is 0.785 bits per heavy atom. The zero-order chi connectivity index (χ0) is 48.6. The molecule has 0 spiro atoms. The van der Waals surface area contributed by atoms with Gasteiger partial charge in [-0.25, -0.2) is 0 Å². The number of hydrogen-bond acceptors (Lipinski definition) is 9. The summed E-state index contributed by atoms with van der Waals surface area (Å²) in [6.45, 7) is 14.8. The number of nitrogens with one attached hydrogen (secondary N) is 6. The number of aliphatic hydroxyl groups is 1. The summed E-state index contributed by atoms with van der Waals surface area (Å²) in [6.07, 6.45) is 1.97. The molecule has 2 aromatic carbocycles. The molecule has 362 valence electrons. The van der Waals surface area contributed by atoms with E-state index in [0.717, 1.165) is 24.0 Å².